The second-order valence-electron chi connectivity index (χ2n) is 2.16. The molecule has 0 amide bonds. The highest BCUT2D eigenvalue weighted by Crippen LogP contribution is 2.22. The first-order valence-electron chi connectivity index (χ1n) is 3.27. The predicted octanol–water partition coefficient (Wildman–Crippen LogP) is 1.79. The van der Waals surface area contributed by atoms with Gasteiger partial charge in [-0.1, -0.05) is 0 Å². The molecule has 0 unspecified atom stereocenters. The summed E-state index contributed by atoms with van der Waals surface area (Å²) in [6, 6.07) is 0. The largest absolute Gasteiger partial charge is 0.459 e. The van der Waals surface area contributed by atoms with E-state index in [1.807, 2.05) is 0 Å². The Balaban J connectivity index is 3.81. The van der Waals surface area contributed by atoms with Crippen LogP contribution in [0.1, 0.15) is 6.42 Å². The lowest BCUT2D eigenvalue weighted by molar-refractivity contribution is -0.179. The zero-order chi connectivity index (χ0) is 10.5. The van der Waals surface area contributed by atoms with Gasteiger partial charge >= 0.3 is 18.3 Å². The minimum atomic E-state index is -4.37. The maximum atomic E-state index is 12.0. The van der Waals surface area contributed by atoms with E-state index < -0.39 is 38.0 Å². The zero-order valence-corrected chi connectivity index (χ0v) is 6.40. The minimum Gasteiger partial charge on any atom is -0.459 e. The maximum absolute atomic E-state index is 12.0. The van der Waals surface area contributed by atoms with Crippen LogP contribution in [0.2, 0.25) is 0 Å². The molecule has 0 bridgehead atoms. The molecule has 0 aromatic rings. The number of carbonyl (C=O) groups is 1. The van der Waals surface area contributed by atoms with E-state index in [1.54, 1.807) is 0 Å². The first-order chi connectivity index (χ1) is 5.90. The normalized spacial score (nSPS) is 11.8. The fourth-order valence-electron chi connectivity index (χ4n) is 0.389. The van der Waals surface area contributed by atoms with Crippen LogP contribution in [0.4, 0.5) is 22.0 Å². The molecule has 13 heavy (non-hydrogen) atoms. The van der Waals surface area contributed by atoms with Crippen molar-refractivity contribution in [2.45, 2.75) is 18.8 Å². The molecular weight excluding hydrogens is 199 g/mol. The molecule has 0 aromatic carbocycles. The van der Waals surface area contributed by atoms with Gasteiger partial charge in [-0.2, -0.15) is 8.78 Å². The van der Waals surface area contributed by atoms with E-state index in [9.17, 15) is 26.7 Å². The van der Waals surface area contributed by atoms with E-state index in [0.29, 0.717) is 0 Å². The van der Waals surface area contributed by atoms with Gasteiger partial charge in [0.15, 0.2) is 6.61 Å². The van der Waals surface area contributed by atoms with Crippen molar-refractivity contribution in [3.8, 4) is 0 Å². The fraction of sp³-hybridized carbons (Fsp3) is 0.833. The van der Waals surface area contributed by atoms with Crippen LogP contribution in [0.5, 0.6) is 0 Å². The number of carbonyl (C=O) groups excluding carboxylic acids is 1. The van der Waals surface area contributed by atoms with Gasteiger partial charge in [0.1, 0.15) is 0 Å². The molecule has 0 spiro atoms. The maximum Gasteiger partial charge on any atom is 0.340 e. The summed E-state index contributed by atoms with van der Waals surface area (Å²) >= 11 is 0. The molecule has 2 nitrogen and oxygen atoms in total. The summed E-state index contributed by atoms with van der Waals surface area (Å²) in [6.07, 6.45) is -4.61. The van der Waals surface area contributed by atoms with Gasteiger partial charge in [0.2, 0.25) is 0 Å². The van der Waals surface area contributed by atoms with Crippen molar-refractivity contribution in [3.63, 3.8) is 0 Å². The molecule has 0 aliphatic rings. The van der Waals surface area contributed by atoms with E-state index in [-0.39, 0.29) is 0 Å². The molecule has 0 aliphatic heterocycles. The monoisotopic (exact) mass is 206 g/mol. The second-order valence-corrected chi connectivity index (χ2v) is 2.16. The SMILES string of the molecule is O=C(CCF)OCC(F)(F)C(F)F. The third-order valence-corrected chi connectivity index (χ3v) is 1.04. The van der Waals surface area contributed by atoms with Crippen LogP contribution in [0.3, 0.4) is 0 Å². The average molecular weight is 206 g/mol. The summed E-state index contributed by atoms with van der Waals surface area (Å²) < 4.78 is 62.0. The minimum absolute atomic E-state index is 0.709. The molecule has 0 aliphatic carbocycles. The van der Waals surface area contributed by atoms with Crippen molar-refractivity contribution >= 4 is 5.97 Å². The molecule has 0 radical (unpaired) electrons. The second kappa shape index (κ2) is 4.98. The average Bonchev–Trinajstić information content (AvgIpc) is 2.01. The molecule has 0 saturated heterocycles. The van der Waals surface area contributed by atoms with Crippen LogP contribution >= 0.6 is 0 Å². The van der Waals surface area contributed by atoms with E-state index in [4.69, 9.17) is 0 Å². The first-order valence-corrected chi connectivity index (χ1v) is 3.27. The van der Waals surface area contributed by atoms with Crippen LogP contribution in [-0.2, 0) is 9.53 Å². The fourth-order valence-corrected chi connectivity index (χ4v) is 0.389. The molecule has 0 saturated carbocycles. The number of hydrogen-bond acceptors (Lipinski definition) is 2. The van der Waals surface area contributed by atoms with Gasteiger partial charge < -0.3 is 4.74 Å². The summed E-state index contributed by atoms with van der Waals surface area (Å²) in [7, 11) is 0. The number of esters is 1. The molecule has 0 rings (SSSR count). The summed E-state index contributed by atoms with van der Waals surface area (Å²) in [5, 5.41) is 0. The van der Waals surface area contributed by atoms with Gasteiger partial charge in [-0.25, -0.2) is 8.78 Å². The molecule has 0 heterocycles. The quantitative estimate of drug-likeness (QED) is 0.506. The van der Waals surface area contributed by atoms with Crippen molar-refractivity contribution in [2.24, 2.45) is 0 Å². The number of halogens is 5. The Morgan fingerprint density at radius 1 is 1.38 bits per heavy atom. The van der Waals surface area contributed by atoms with Crippen LogP contribution in [0, 0.1) is 0 Å². The van der Waals surface area contributed by atoms with Crippen molar-refractivity contribution < 1.29 is 31.5 Å². The predicted molar refractivity (Wildman–Crippen MR) is 32.5 cm³/mol. The highest BCUT2D eigenvalue weighted by atomic mass is 19.3. The Morgan fingerprint density at radius 3 is 2.31 bits per heavy atom. The van der Waals surface area contributed by atoms with Gasteiger partial charge in [0, 0.05) is 0 Å². The summed E-state index contributed by atoms with van der Waals surface area (Å²) in [5.74, 6) is -5.63. The Morgan fingerprint density at radius 2 is 1.92 bits per heavy atom. The van der Waals surface area contributed by atoms with E-state index in [1.165, 1.54) is 0 Å². The Hall–Kier alpha value is -0.880. The Bertz CT molecular complexity index is 170. The topological polar surface area (TPSA) is 26.3 Å². The summed E-state index contributed by atoms with van der Waals surface area (Å²) in [5.41, 5.74) is 0. The van der Waals surface area contributed by atoms with E-state index in [2.05, 4.69) is 4.74 Å². The Kier molecular flexibility index (Phi) is 4.64. The van der Waals surface area contributed by atoms with Gasteiger partial charge in [0.25, 0.3) is 0 Å². The molecule has 0 aromatic heterocycles. The molecule has 78 valence electrons. The Labute approximate surface area is 70.7 Å². The van der Waals surface area contributed by atoms with Crippen LogP contribution < -0.4 is 0 Å². The van der Waals surface area contributed by atoms with Gasteiger partial charge in [-0.05, 0) is 0 Å². The smallest absolute Gasteiger partial charge is 0.340 e. The lowest BCUT2D eigenvalue weighted by Crippen LogP contribution is -2.33. The third kappa shape index (κ3) is 4.64. The zero-order valence-electron chi connectivity index (χ0n) is 6.40. The van der Waals surface area contributed by atoms with E-state index in [0.717, 1.165) is 0 Å². The highest BCUT2D eigenvalue weighted by molar-refractivity contribution is 5.69. The summed E-state index contributed by atoms with van der Waals surface area (Å²) in [6.45, 7) is -2.79. The van der Waals surface area contributed by atoms with Gasteiger partial charge in [0.05, 0.1) is 13.1 Å². The number of hydrogen-bond donors (Lipinski definition) is 0. The molecule has 7 heteroatoms. The van der Waals surface area contributed by atoms with Crippen molar-refractivity contribution in [3.05, 3.63) is 0 Å². The lowest BCUT2D eigenvalue weighted by Gasteiger charge is -2.14. The molecule has 0 atom stereocenters. The molecule has 0 N–H and O–H groups in total. The van der Waals surface area contributed by atoms with Crippen molar-refractivity contribution in [2.75, 3.05) is 13.3 Å². The number of ether oxygens (including phenoxy) is 1. The first kappa shape index (κ1) is 12.1. The molecule has 0 fully saturated rings. The van der Waals surface area contributed by atoms with Crippen molar-refractivity contribution in [1.29, 1.82) is 0 Å². The highest BCUT2D eigenvalue weighted by Gasteiger charge is 2.42. The van der Waals surface area contributed by atoms with Crippen LogP contribution in [0.25, 0.3) is 0 Å². The standard InChI is InChI=1S/C6H7F5O2/c7-2-1-4(12)13-3-6(10,11)5(8)9/h5H,1-3H2. The van der Waals surface area contributed by atoms with Gasteiger partial charge in [-0.3, -0.25) is 9.18 Å². The number of rotatable bonds is 5. The van der Waals surface area contributed by atoms with Crippen molar-refractivity contribution in [1.82, 2.24) is 0 Å². The number of alkyl halides is 5. The third-order valence-electron chi connectivity index (χ3n) is 1.04. The van der Waals surface area contributed by atoms with Crippen LogP contribution in [0.15, 0.2) is 0 Å². The van der Waals surface area contributed by atoms with E-state index >= 15 is 0 Å². The lowest BCUT2D eigenvalue weighted by atomic mass is 10.4. The molecular formula is C6H7F5O2. The summed E-state index contributed by atoms with van der Waals surface area (Å²) in [4.78, 5) is 10.3. The van der Waals surface area contributed by atoms with Gasteiger partial charge in [-0.15, -0.1) is 0 Å². The van der Waals surface area contributed by atoms with Crippen LogP contribution in [-0.4, -0.2) is 31.6 Å².